The Hall–Kier alpha value is -1.85. The van der Waals surface area contributed by atoms with Crippen molar-refractivity contribution in [3.63, 3.8) is 0 Å². The fraction of sp³-hybridized carbons (Fsp3) is 0.250. The highest BCUT2D eigenvalue weighted by atomic mass is 32.2. The molecular weight excluding hydrogens is 284 g/mol. The molecule has 4 nitrogen and oxygen atoms in total. The first kappa shape index (κ1) is 15.5. The molecule has 2 aromatic rings. The van der Waals surface area contributed by atoms with Crippen molar-refractivity contribution in [3.8, 4) is 0 Å². The SMILES string of the molecule is CCN(c1ccc(CN)cc1)S(=O)(=O)c1ccc(C)cc1. The van der Waals surface area contributed by atoms with Crippen molar-refractivity contribution >= 4 is 15.7 Å². The van der Waals surface area contributed by atoms with E-state index in [1.165, 1.54) is 4.31 Å². The third-order valence-corrected chi connectivity index (χ3v) is 5.27. The van der Waals surface area contributed by atoms with Gasteiger partial charge in [-0.3, -0.25) is 4.31 Å². The van der Waals surface area contributed by atoms with Gasteiger partial charge in [-0.1, -0.05) is 29.8 Å². The standard InChI is InChI=1S/C16H20N2O2S/c1-3-18(15-8-6-14(12-17)7-9-15)21(19,20)16-10-4-13(2)5-11-16/h4-11H,3,12,17H2,1-2H3. The Labute approximate surface area is 126 Å². The lowest BCUT2D eigenvalue weighted by atomic mass is 10.2. The van der Waals surface area contributed by atoms with E-state index in [2.05, 4.69) is 0 Å². The van der Waals surface area contributed by atoms with Gasteiger partial charge in [0.05, 0.1) is 10.6 Å². The Kier molecular flexibility index (Phi) is 4.65. The number of nitrogens with two attached hydrogens (primary N) is 1. The lowest BCUT2D eigenvalue weighted by Gasteiger charge is -2.23. The van der Waals surface area contributed by atoms with Crippen molar-refractivity contribution in [2.45, 2.75) is 25.3 Å². The molecule has 2 N–H and O–H groups in total. The average Bonchev–Trinajstić information content (AvgIpc) is 2.49. The molecule has 0 atom stereocenters. The molecule has 0 aromatic heterocycles. The Bertz CT molecular complexity index is 692. The molecule has 0 bridgehead atoms. The molecule has 0 amide bonds. The van der Waals surface area contributed by atoms with Gasteiger partial charge in [-0.25, -0.2) is 8.42 Å². The van der Waals surface area contributed by atoms with Gasteiger partial charge >= 0.3 is 0 Å². The van der Waals surface area contributed by atoms with Crippen LogP contribution in [0.1, 0.15) is 18.1 Å². The summed E-state index contributed by atoms with van der Waals surface area (Å²) < 4.78 is 26.9. The maximum absolute atomic E-state index is 12.7. The van der Waals surface area contributed by atoms with Crippen LogP contribution in [0.5, 0.6) is 0 Å². The molecular formula is C16H20N2O2S. The van der Waals surface area contributed by atoms with Crippen LogP contribution < -0.4 is 10.0 Å². The summed E-state index contributed by atoms with van der Waals surface area (Å²) in [5.74, 6) is 0. The number of rotatable bonds is 5. The number of hydrogen-bond acceptors (Lipinski definition) is 3. The second-order valence-electron chi connectivity index (χ2n) is 4.85. The average molecular weight is 304 g/mol. The summed E-state index contributed by atoms with van der Waals surface area (Å²) in [6.07, 6.45) is 0. The van der Waals surface area contributed by atoms with Crippen molar-refractivity contribution in [1.82, 2.24) is 0 Å². The fourth-order valence-electron chi connectivity index (χ4n) is 2.13. The van der Waals surface area contributed by atoms with E-state index in [4.69, 9.17) is 5.73 Å². The third-order valence-electron chi connectivity index (χ3n) is 3.36. The predicted octanol–water partition coefficient (Wildman–Crippen LogP) is 2.67. The molecule has 0 aliphatic heterocycles. The Balaban J connectivity index is 2.41. The molecule has 0 unspecified atom stereocenters. The highest BCUT2D eigenvalue weighted by molar-refractivity contribution is 7.92. The summed E-state index contributed by atoms with van der Waals surface area (Å²) in [5, 5.41) is 0. The minimum atomic E-state index is -3.54. The predicted molar refractivity (Wildman–Crippen MR) is 85.7 cm³/mol. The van der Waals surface area contributed by atoms with Crippen LogP contribution in [0.15, 0.2) is 53.4 Å². The number of hydrogen-bond donors (Lipinski definition) is 1. The molecule has 0 radical (unpaired) electrons. The van der Waals surface area contributed by atoms with Crippen molar-refractivity contribution in [2.75, 3.05) is 10.8 Å². The maximum Gasteiger partial charge on any atom is 0.264 e. The van der Waals surface area contributed by atoms with Gasteiger partial charge in [0, 0.05) is 13.1 Å². The molecule has 0 aliphatic rings. The van der Waals surface area contributed by atoms with Gasteiger partial charge in [-0.2, -0.15) is 0 Å². The third kappa shape index (κ3) is 3.25. The Morgan fingerprint density at radius 3 is 2.05 bits per heavy atom. The molecule has 0 heterocycles. The first-order valence-electron chi connectivity index (χ1n) is 6.87. The number of nitrogens with zero attached hydrogens (tertiary/aromatic N) is 1. The van der Waals surface area contributed by atoms with E-state index in [1.54, 1.807) is 36.4 Å². The van der Waals surface area contributed by atoms with Gasteiger partial charge in [0.2, 0.25) is 0 Å². The summed E-state index contributed by atoms with van der Waals surface area (Å²) >= 11 is 0. The van der Waals surface area contributed by atoms with Crippen LogP contribution in [-0.4, -0.2) is 15.0 Å². The smallest absolute Gasteiger partial charge is 0.264 e. The minimum Gasteiger partial charge on any atom is -0.326 e. The molecule has 0 spiro atoms. The molecule has 5 heteroatoms. The second kappa shape index (κ2) is 6.28. The number of anilines is 1. The van der Waals surface area contributed by atoms with Crippen LogP contribution >= 0.6 is 0 Å². The quantitative estimate of drug-likeness (QED) is 0.923. The molecule has 21 heavy (non-hydrogen) atoms. The first-order valence-corrected chi connectivity index (χ1v) is 8.31. The zero-order chi connectivity index (χ0) is 15.5. The van der Waals surface area contributed by atoms with Crippen molar-refractivity contribution in [3.05, 3.63) is 59.7 Å². The van der Waals surface area contributed by atoms with Crippen molar-refractivity contribution < 1.29 is 8.42 Å². The lowest BCUT2D eigenvalue weighted by Crippen LogP contribution is -2.30. The first-order chi connectivity index (χ1) is 9.98. The largest absolute Gasteiger partial charge is 0.326 e. The Morgan fingerprint density at radius 1 is 1.00 bits per heavy atom. The summed E-state index contributed by atoms with van der Waals surface area (Å²) in [7, 11) is -3.54. The van der Waals surface area contributed by atoms with Crippen LogP contribution in [0.3, 0.4) is 0 Å². The summed E-state index contributed by atoms with van der Waals surface area (Å²) in [6.45, 7) is 4.57. The van der Waals surface area contributed by atoms with Gasteiger partial charge in [0.25, 0.3) is 10.0 Å². The van der Waals surface area contributed by atoms with Gasteiger partial charge in [0.15, 0.2) is 0 Å². The molecule has 2 rings (SSSR count). The second-order valence-corrected chi connectivity index (χ2v) is 6.72. The van der Waals surface area contributed by atoms with Gasteiger partial charge in [-0.15, -0.1) is 0 Å². The van der Waals surface area contributed by atoms with Gasteiger partial charge in [0.1, 0.15) is 0 Å². The van der Waals surface area contributed by atoms with E-state index in [9.17, 15) is 8.42 Å². The van der Waals surface area contributed by atoms with E-state index in [0.717, 1.165) is 11.1 Å². The Morgan fingerprint density at radius 2 is 1.57 bits per heavy atom. The monoisotopic (exact) mass is 304 g/mol. The maximum atomic E-state index is 12.7. The summed E-state index contributed by atoms with van der Waals surface area (Å²) in [5.41, 5.74) is 8.22. The zero-order valence-corrected chi connectivity index (χ0v) is 13.1. The van der Waals surface area contributed by atoms with Gasteiger partial charge in [-0.05, 0) is 43.7 Å². The molecule has 0 fully saturated rings. The number of aryl methyl sites for hydroxylation is 1. The van der Waals surface area contributed by atoms with Crippen LogP contribution in [0.2, 0.25) is 0 Å². The minimum absolute atomic E-state index is 0.304. The van der Waals surface area contributed by atoms with E-state index in [-0.39, 0.29) is 0 Å². The summed E-state index contributed by atoms with van der Waals surface area (Å²) in [4.78, 5) is 0.304. The van der Waals surface area contributed by atoms with Crippen LogP contribution in [0, 0.1) is 6.92 Å². The molecule has 0 aliphatic carbocycles. The number of benzene rings is 2. The molecule has 2 aromatic carbocycles. The molecule has 0 saturated carbocycles. The zero-order valence-electron chi connectivity index (χ0n) is 12.3. The van der Waals surface area contributed by atoms with E-state index >= 15 is 0 Å². The van der Waals surface area contributed by atoms with Crippen molar-refractivity contribution in [1.29, 1.82) is 0 Å². The highest BCUT2D eigenvalue weighted by Crippen LogP contribution is 2.24. The highest BCUT2D eigenvalue weighted by Gasteiger charge is 2.23. The van der Waals surface area contributed by atoms with Crippen LogP contribution in [0.4, 0.5) is 5.69 Å². The van der Waals surface area contributed by atoms with Gasteiger partial charge < -0.3 is 5.73 Å². The lowest BCUT2D eigenvalue weighted by molar-refractivity contribution is 0.592. The number of sulfonamides is 1. The fourth-order valence-corrected chi connectivity index (χ4v) is 3.60. The summed E-state index contributed by atoms with van der Waals surface area (Å²) in [6, 6.07) is 14.2. The van der Waals surface area contributed by atoms with Crippen LogP contribution in [0.25, 0.3) is 0 Å². The van der Waals surface area contributed by atoms with E-state index in [1.807, 2.05) is 26.0 Å². The van der Waals surface area contributed by atoms with Crippen molar-refractivity contribution in [2.24, 2.45) is 5.73 Å². The normalized spacial score (nSPS) is 11.4. The topological polar surface area (TPSA) is 63.4 Å². The van der Waals surface area contributed by atoms with Crippen LogP contribution in [-0.2, 0) is 16.6 Å². The van der Waals surface area contributed by atoms with E-state index in [0.29, 0.717) is 23.7 Å². The molecule has 0 saturated heterocycles. The van der Waals surface area contributed by atoms with E-state index < -0.39 is 10.0 Å². The molecule has 112 valence electrons.